The van der Waals surface area contributed by atoms with Gasteiger partial charge in [-0.3, -0.25) is 0 Å². The molecule has 0 heterocycles. The normalized spacial score (nSPS) is 12.1. The maximum absolute atomic E-state index is 5.63. The van der Waals surface area contributed by atoms with Crippen molar-refractivity contribution >= 4 is 15.9 Å². The number of rotatable bonds is 8. The highest BCUT2D eigenvalue weighted by Gasteiger charge is 2.09. The van der Waals surface area contributed by atoms with Crippen molar-refractivity contribution in [1.29, 1.82) is 0 Å². The molecule has 1 rings (SSSR count). The summed E-state index contributed by atoms with van der Waals surface area (Å²) in [4.78, 5) is 0. The molecule has 0 saturated heterocycles. The lowest BCUT2D eigenvalue weighted by molar-refractivity contribution is 0.0142. The first-order valence-electron chi connectivity index (χ1n) is 7.49. The summed E-state index contributed by atoms with van der Waals surface area (Å²) in [6.07, 6.45) is 0.259. The average Bonchev–Trinajstić information content (AvgIpc) is 2.37. The summed E-state index contributed by atoms with van der Waals surface area (Å²) in [5.41, 5.74) is 2.56. The van der Waals surface area contributed by atoms with Crippen LogP contribution in [0.1, 0.15) is 45.7 Å². The second-order valence-electron chi connectivity index (χ2n) is 6.50. The van der Waals surface area contributed by atoms with E-state index in [1.54, 1.807) is 0 Å². The van der Waals surface area contributed by atoms with Gasteiger partial charge in [0.15, 0.2) is 0 Å². The number of hydrogen-bond donors (Lipinski definition) is 1. The van der Waals surface area contributed by atoms with Crippen molar-refractivity contribution in [2.45, 2.75) is 59.4 Å². The van der Waals surface area contributed by atoms with Gasteiger partial charge in [-0.2, -0.15) is 0 Å². The molecule has 0 atom stereocenters. The van der Waals surface area contributed by atoms with E-state index in [0.717, 1.165) is 11.0 Å². The first-order chi connectivity index (χ1) is 9.78. The Balaban J connectivity index is 2.40. The molecule has 0 spiro atoms. The minimum absolute atomic E-state index is 0.130. The molecular weight excluding hydrogens is 330 g/mol. The van der Waals surface area contributed by atoms with Gasteiger partial charge in [-0.05, 0) is 51.8 Å². The lowest BCUT2D eigenvalue weighted by Gasteiger charge is -2.20. The molecule has 1 aromatic carbocycles. The van der Waals surface area contributed by atoms with Crippen molar-refractivity contribution in [1.82, 2.24) is 5.32 Å². The molecule has 120 valence electrons. The topological polar surface area (TPSA) is 30.5 Å². The standard InChI is InChI=1S/C17H28BrNO2/c1-13(2)21-9-8-20-12-15-7-6-14(10-16(15)18)11-19-17(3,4)5/h6-7,10,13,19H,8-9,11-12H2,1-5H3. The van der Waals surface area contributed by atoms with Crippen LogP contribution >= 0.6 is 15.9 Å². The number of nitrogens with one attached hydrogen (secondary N) is 1. The molecule has 0 fully saturated rings. The van der Waals surface area contributed by atoms with Crippen molar-refractivity contribution in [2.75, 3.05) is 13.2 Å². The highest BCUT2D eigenvalue weighted by Crippen LogP contribution is 2.20. The Hall–Kier alpha value is -0.420. The largest absolute Gasteiger partial charge is 0.376 e. The van der Waals surface area contributed by atoms with Crippen LogP contribution in [-0.2, 0) is 22.6 Å². The van der Waals surface area contributed by atoms with Crippen molar-refractivity contribution in [3.8, 4) is 0 Å². The van der Waals surface area contributed by atoms with Crippen molar-refractivity contribution in [3.63, 3.8) is 0 Å². The van der Waals surface area contributed by atoms with Gasteiger partial charge in [-0.1, -0.05) is 28.1 Å². The zero-order valence-corrected chi connectivity index (χ0v) is 15.4. The van der Waals surface area contributed by atoms with Gasteiger partial charge < -0.3 is 14.8 Å². The summed E-state index contributed by atoms with van der Waals surface area (Å²) < 4.78 is 12.2. The Kier molecular flexibility index (Phi) is 7.88. The summed E-state index contributed by atoms with van der Waals surface area (Å²) in [6.45, 7) is 13.3. The maximum Gasteiger partial charge on any atom is 0.0728 e. The second kappa shape index (κ2) is 8.89. The molecule has 1 aromatic rings. The van der Waals surface area contributed by atoms with E-state index < -0.39 is 0 Å². The number of hydrogen-bond acceptors (Lipinski definition) is 3. The molecule has 0 saturated carbocycles. The quantitative estimate of drug-likeness (QED) is 0.704. The van der Waals surface area contributed by atoms with E-state index in [1.165, 1.54) is 11.1 Å². The van der Waals surface area contributed by atoms with Gasteiger partial charge in [0, 0.05) is 16.6 Å². The summed E-state index contributed by atoms with van der Waals surface area (Å²) in [6, 6.07) is 6.42. The molecule has 0 unspecified atom stereocenters. The summed E-state index contributed by atoms with van der Waals surface area (Å²) in [5, 5.41) is 3.49. The Bertz CT molecular complexity index is 427. The minimum Gasteiger partial charge on any atom is -0.376 e. The molecule has 0 amide bonds. The predicted octanol–water partition coefficient (Wildman–Crippen LogP) is 4.28. The molecule has 0 radical (unpaired) electrons. The summed E-state index contributed by atoms with van der Waals surface area (Å²) >= 11 is 3.62. The molecule has 0 bridgehead atoms. The molecule has 0 aromatic heterocycles. The highest BCUT2D eigenvalue weighted by atomic mass is 79.9. The summed E-state index contributed by atoms with van der Waals surface area (Å²) in [5.74, 6) is 0. The Morgan fingerprint density at radius 1 is 1.19 bits per heavy atom. The van der Waals surface area contributed by atoms with Crippen LogP contribution in [-0.4, -0.2) is 24.9 Å². The van der Waals surface area contributed by atoms with Crippen LogP contribution in [0, 0.1) is 0 Å². The van der Waals surface area contributed by atoms with Crippen LogP contribution in [0.4, 0.5) is 0 Å². The zero-order chi connectivity index (χ0) is 15.9. The molecule has 3 nitrogen and oxygen atoms in total. The van der Waals surface area contributed by atoms with Gasteiger partial charge >= 0.3 is 0 Å². The Morgan fingerprint density at radius 2 is 1.90 bits per heavy atom. The lowest BCUT2D eigenvalue weighted by Crippen LogP contribution is -2.35. The smallest absolute Gasteiger partial charge is 0.0728 e. The third-order valence-electron chi connectivity index (χ3n) is 2.88. The van der Waals surface area contributed by atoms with E-state index >= 15 is 0 Å². The van der Waals surface area contributed by atoms with Gasteiger partial charge in [0.1, 0.15) is 0 Å². The molecule has 0 aliphatic heterocycles. The van der Waals surface area contributed by atoms with E-state index in [0.29, 0.717) is 19.8 Å². The first kappa shape index (κ1) is 18.6. The van der Waals surface area contributed by atoms with Gasteiger partial charge in [-0.25, -0.2) is 0 Å². The van der Waals surface area contributed by atoms with E-state index in [9.17, 15) is 0 Å². The lowest BCUT2D eigenvalue weighted by atomic mass is 10.1. The van der Waals surface area contributed by atoms with Crippen molar-refractivity contribution < 1.29 is 9.47 Å². The molecule has 0 aliphatic rings. The molecule has 0 aliphatic carbocycles. The van der Waals surface area contributed by atoms with E-state index in [1.807, 2.05) is 13.8 Å². The third-order valence-corrected chi connectivity index (χ3v) is 3.61. The van der Waals surface area contributed by atoms with Gasteiger partial charge in [-0.15, -0.1) is 0 Å². The van der Waals surface area contributed by atoms with Crippen LogP contribution in [0.15, 0.2) is 22.7 Å². The number of ether oxygens (including phenoxy) is 2. The molecule has 4 heteroatoms. The minimum atomic E-state index is 0.130. The van der Waals surface area contributed by atoms with Gasteiger partial charge in [0.05, 0.1) is 25.9 Å². The highest BCUT2D eigenvalue weighted by molar-refractivity contribution is 9.10. The van der Waals surface area contributed by atoms with Crippen molar-refractivity contribution in [2.24, 2.45) is 0 Å². The predicted molar refractivity (Wildman–Crippen MR) is 91.5 cm³/mol. The van der Waals surface area contributed by atoms with Crippen molar-refractivity contribution in [3.05, 3.63) is 33.8 Å². The van der Waals surface area contributed by atoms with E-state index in [4.69, 9.17) is 9.47 Å². The average molecular weight is 358 g/mol. The molecule has 1 N–H and O–H groups in total. The summed E-state index contributed by atoms with van der Waals surface area (Å²) in [7, 11) is 0. The number of halogens is 1. The Labute approximate surface area is 137 Å². The zero-order valence-electron chi connectivity index (χ0n) is 13.8. The molecular formula is C17H28BrNO2. The van der Waals surface area contributed by atoms with E-state index in [2.05, 4.69) is 60.2 Å². The van der Waals surface area contributed by atoms with Crippen LogP contribution in [0.3, 0.4) is 0 Å². The van der Waals surface area contributed by atoms with Gasteiger partial charge in [0.2, 0.25) is 0 Å². The third kappa shape index (κ3) is 8.57. The van der Waals surface area contributed by atoms with Crippen LogP contribution in [0.2, 0.25) is 0 Å². The van der Waals surface area contributed by atoms with Crippen LogP contribution < -0.4 is 5.32 Å². The van der Waals surface area contributed by atoms with Gasteiger partial charge in [0.25, 0.3) is 0 Å². The maximum atomic E-state index is 5.63. The number of benzene rings is 1. The van der Waals surface area contributed by atoms with E-state index in [-0.39, 0.29) is 11.6 Å². The van der Waals surface area contributed by atoms with Crippen LogP contribution in [0.25, 0.3) is 0 Å². The second-order valence-corrected chi connectivity index (χ2v) is 7.36. The fourth-order valence-corrected chi connectivity index (χ4v) is 2.25. The fourth-order valence-electron chi connectivity index (χ4n) is 1.71. The fraction of sp³-hybridized carbons (Fsp3) is 0.647. The SMILES string of the molecule is CC(C)OCCOCc1ccc(CNC(C)(C)C)cc1Br. The Morgan fingerprint density at radius 3 is 2.48 bits per heavy atom. The molecule has 21 heavy (non-hydrogen) atoms. The monoisotopic (exact) mass is 357 g/mol. The van der Waals surface area contributed by atoms with Crippen LogP contribution in [0.5, 0.6) is 0 Å². The first-order valence-corrected chi connectivity index (χ1v) is 8.29.